The lowest BCUT2D eigenvalue weighted by Gasteiger charge is -2.41. The molecule has 2 rings (SSSR count). The van der Waals surface area contributed by atoms with Gasteiger partial charge in [0, 0.05) is 13.7 Å². The van der Waals surface area contributed by atoms with Gasteiger partial charge in [0.2, 0.25) is 0 Å². The first-order valence-electron chi connectivity index (χ1n) is 8.21. The van der Waals surface area contributed by atoms with Crippen molar-refractivity contribution in [2.24, 2.45) is 0 Å². The van der Waals surface area contributed by atoms with Crippen molar-refractivity contribution < 1.29 is 24.2 Å². The average molecular weight is 313 g/mol. The molecule has 0 aromatic heterocycles. The number of hydrogen-bond donors (Lipinski definition) is 1. The molecular formula is C16H27NO5. The SMILES string of the molecule is CC(OCC1CCCO1)C(=O)N(C)C1(C(=O)O)CCCCC1. The van der Waals surface area contributed by atoms with Crippen LogP contribution >= 0.6 is 0 Å². The second-order valence-corrected chi connectivity index (χ2v) is 6.41. The van der Waals surface area contributed by atoms with Crippen LogP contribution in [0.15, 0.2) is 0 Å². The van der Waals surface area contributed by atoms with Crippen molar-refractivity contribution in [1.29, 1.82) is 0 Å². The second-order valence-electron chi connectivity index (χ2n) is 6.41. The lowest BCUT2D eigenvalue weighted by molar-refractivity contribution is -0.165. The second kappa shape index (κ2) is 7.42. The largest absolute Gasteiger partial charge is 0.479 e. The summed E-state index contributed by atoms with van der Waals surface area (Å²) in [5.74, 6) is -1.17. The molecule has 2 atom stereocenters. The zero-order valence-electron chi connectivity index (χ0n) is 13.5. The minimum Gasteiger partial charge on any atom is -0.479 e. The molecule has 2 aliphatic rings. The molecule has 2 fully saturated rings. The van der Waals surface area contributed by atoms with Crippen LogP contribution < -0.4 is 0 Å². The number of amides is 1. The fourth-order valence-corrected chi connectivity index (χ4v) is 3.41. The number of hydrogen-bond acceptors (Lipinski definition) is 4. The third-order valence-corrected chi connectivity index (χ3v) is 4.96. The maximum atomic E-state index is 12.6. The Bertz CT molecular complexity index is 399. The summed E-state index contributed by atoms with van der Waals surface area (Å²) in [6.07, 6.45) is 5.14. The molecule has 126 valence electrons. The van der Waals surface area contributed by atoms with Crippen molar-refractivity contribution in [3.63, 3.8) is 0 Å². The summed E-state index contributed by atoms with van der Waals surface area (Å²) in [6, 6.07) is 0. The van der Waals surface area contributed by atoms with E-state index in [4.69, 9.17) is 9.47 Å². The first kappa shape index (κ1) is 17.2. The van der Waals surface area contributed by atoms with Crippen LogP contribution in [-0.4, -0.2) is 59.9 Å². The van der Waals surface area contributed by atoms with E-state index in [0.29, 0.717) is 19.4 Å². The van der Waals surface area contributed by atoms with Gasteiger partial charge in [0.25, 0.3) is 5.91 Å². The van der Waals surface area contributed by atoms with Crippen LogP contribution in [0.3, 0.4) is 0 Å². The third-order valence-electron chi connectivity index (χ3n) is 4.96. The monoisotopic (exact) mass is 313 g/mol. The van der Waals surface area contributed by atoms with E-state index < -0.39 is 17.6 Å². The molecule has 0 aromatic carbocycles. The molecule has 6 heteroatoms. The lowest BCUT2D eigenvalue weighted by Crippen LogP contribution is -2.58. The highest BCUT2D eigenvalue weighted by atomic mass is 16.5. The molecule has 1 amide bonds. The number of likely N-dealkylation sites (N-methyl/N-ethyl adjacent to an activating group) is 1. The summed E-state index contributed by atoms with van der Waals surface area (Å²) in [4.78, 5) is 25.7. The molecule has 6 nitrogen and oxygen atoms in total. The number of rotatable bonds is 6. The topological polar surface area (TPSA) is 76.1 Å². The van der Waals surface area contributed by atoms with Gasteiger partial charge in [0.15, 0.2) is 0 Å². The standard InChI is InChI=1S/C16H27NO5/c1-12(22-11-13-7-6-10-21-13)14(18)17(2)16(15(19)20)8-4-3-5-9-16/h12-13H,3-11H2,1-2H3,(H,19,20). The summed E-state index contributed by atoms with van der Waals surface area (Å²) in [5, 5.41) is 9.64. The van der Waals surface area contributed by atoms with Gasteiger partial charge in [-0.05, 0) is 32.6 Å². The van der Waals surface area contributed by atoms with Crippen molar-refractivity contribution in [2.75, 3.05) is 20.3 Å². The van der Waals surface area contributed by atoms with Crippen LogP contribution in [0.4, 0.5) is 0 Å². The summed E-state index contributed by atoms with van der Waals surface area (Å²) in [7, 11) is 1.59. The maximum Gasteiger partial charge on any atom is 0.329 e. The predicted octanol–water partition coefficient (Wildman–Crippen LogP) is 1.82. The minimum absolute atomic E-state index is 0.0590. The Balaban J connectivity index is 1.94. The number of aliphatic carboxylic acids is 1. The number of nitrogens with zero attached hydrogens (tertiary/aromatic N) is 1. The van der Waals surface area contributed by atoms with Crippen LogP contribution in [0.5, 0.6) is 0 Å². The van der Waals surface area contributed by atoms with Crippen LogP contribution in [0, 0.1) is 0 Å². The van der Waals surface area contributed by atoms with Gasteiger partial charge in [0.1, 0.15) is 11.6 Å². The molecular weight excluding hydrogens is 286 g/mol. The first-order chi connectivity index (χ1) is 10.5. The third kappa shape index (κ3) is 3.60. The Labute approximate surface area is 131 Å². The van der Waals surface area contributed by atoms with Crippen molar-refractivity contribution in [3.8, 4) is 0 Å². The number of carboxylic acid groups (broad SMARTS) is 1. The van der Waals surface area contributed by atoms with Gasteiger partial charge in [-0.25, -0.2) is 4.79 Å². The molecule has 22 heavy (non-hydrogen) atoms. The Hall–Kier alpha value is -1.14. The lowest BCUT2D eigenvalue weighted by atomic mass is 9.80. The van der Waals surface area contributed by atoms with Gasteiger partial charge in [-0.3, -0.25) is 4.79 Å². The van der Waals surface area contributed by atoms with Gasteiger partial charge in [-0.2, -0.15) is 0 Å². The maximum absolute atomic E-state index is 12.6. The van der Waals surface area contributed by atoms with Gasteiger partial charge in [0.05, 0.1) is 12.7 Å². The van der Waals surface area contributed by atoms with Gasteiger partial charge in [-0.15, -0.1) is 0 Å². The smallest absolute Gasteiger partial charge is 0.329 e. The number of carbonyl (C=O) groups is 2. The van der Waals surface area contributed by atoms with Gasteiger partial charge in [-0.1, -0.05) is 19.3 Å². The van der Waals surface area contributed by atoms with Gasteiger partial charge >= 0.3 is 5.97 Å². The molecule has 0 bridgehead atoms. The van der Waals surface area contributed by atoms with E-state index in [1.165, 1.54) is 4.90 Å². The Morgan fingerprint density at radius 2 is 2.00 bits per heavy atom. The molecule has 1 heterocycles. The van der Waals surface area contributed by atoms with E-state index in [0.717, 1.165) is 38.7 Å². The van der Waals surface area contributed by atoms with Crippen LogP contribution in [0.25, 0.3) is 0 Å². The van der Waals surface area contributed by atoms with E-state index in [9.17, 15) is 14.7 Å². The molecule has 0 aromatic rings. The molecule has 1 aliphatic carbocycles. The minimum atomic E-state index is -1.07. The molecule has 1 aliphatic heterocycles. The van der Waals surface area contributed by atoms with Crippen molar-refractivity contribution in [2.45, 2.75) is 69.6 Å². The fourth-order valence-electron chi connectivity index (χ4n) is 3.41. The zero-order chi connectivity index (χ0) is 16.2. The highest BCUT2D eigenvalue weighted by Gasteiger charge is 2.46. The van der Waals surface area contributed by atoms with E-state index in [2.05, 4.69) is 0 Å². The summed E-state index contributed by atoms with van der Waals surface area (Å²) in [5.41, 5.74) is -1.07. The van der Waals surface area contributed by atoms with Crippen LogP contribution in [0.1, 0.15) is 51.9 Å². The fraction of sp³-hybridized carbons (Fsp3) is 0.875. The van der Waals surface area contributed by atoms with Crippen LogP contribution in [0.2, 0.25) is 0 Å². The quantitative estimate of drug-likeness (QED) is 0.809. The number of ether oxygens (including phenoxy) is 2. The molecule has 1 N–H and O–H groups in total. The molecule has 0 spiro atoms. The van der Waals surface area contributed by atoms with Crippen molar-refractivity contribution >= 4 is 11.9 Å². The molecule has 2 unspecified atom stereocenters. The Kier molecular flexibility index (Phi) is 5.81. The highest BCUT2D eigenvalue weighted by Crippen LogP contribution is 2.33. The number of carbonyl (C=O) groups excluding carboxylic acids is 1. The predicted molar refractivity (Wildman–Crippen MR) is 80.6 cm³/mol. The van der Waals surface area contributed by atoms with E-state index in [1.54, 1.807) is 14.0 Å². The van der Waals surface area contributed by atoms with Crippen LogP contribution in [-0.2, 0) is 19.1 Å². The van der Waals surface area contributed by atoms with Gasteiger partial charge < -0.3 is 19.5 Å². The van der Waals surface area contributed by atoms with Crippen molar-refractivity contribution in [3.05, 3.63) is 0 Å². The van der Waals surface area contributed by atoms with E-state index in [-0.39, 0.29) is 12.0 Å². The zero-order valence-corrected chi connectivity index (χ0v) is 13.5. The first-order valence-corrected chi connectivity index (χ1v) is 8.21. The average Bonchev–Trinajstić information content (AvgIpc) is 3.05. The molecule has 1 saturated carbocycles. The van der Waals surface area contributed by atoms with E-state index in [1.807, 2.05) is 0 Å². The summed E-state index contributed by atoms with van der Waals surface area (Å²) in [6.45, 7) is 2.82. The normalized spacial score (nSPS) is 25.6. The molecule has 1 saturated heterocycles. The Morgan fingerprint density at radius 1 is 1.32 bits per heavy atom. The Morgan fingerprint density at radius 3 is 2.55 bits per heavy atom. The van der Waals surface area contributed by atoms with E-state index >= 15 is 0 Å². The number of carboxylic acids is 1. The molecule has 0 radical (unpaired) electrons. The highest BCUT2D eigenvalue weighted by molar-refractivity contribution is 5.89. The summed E-state index contributed by atoms with van der Waals surface area (Å²) >= 11 is 0. The summed E-state index contributed by atoms with van der Waals surface area (Å²) < 4.78 is 11.1. The van der Waals surface area contributed by atoms with Crippen molar-refractivity contribution in [1.82, 2.24) is 4.90 Å².